The van der Waals surface area contributed by atoms with Crippen LogP contribution in [0.3, 0.4) is 0 Å². The SMILES string of the molecule is CCCC(N)c1nc(-c2ccc(OC(F)(F)F)cc2)cs1. The molecule has 1 aromatic heterocycles. The Labute approximate surface area is 124 Å². The molecule has 1 unspecified atom stereocenters. The summed E-state index contributed by atoms with van der Waals surface area (Å²) in [6.07, 6.45) is -2.85. The Bertz CT molecular complexity index is 581. The number of aromatic nitrogens is 1. The van der Waals surface area contributed by atoms with Crippen molar-refractivity contribution >= 4 is 11.3 Å². The lowest BCUT2D eigenvalue weighted by Crippen LogP contribution is -2.16. The van der Waals surface area contributed by atoms with E-state index in [0.29, 0.717) is 5.69 Å². The fourth-order valence-corrected chi connectivity index (χ4v) is 2.72. The minimum Gasteiger partial charge on any atom is -0.406 e. The van der Waals surface area contributed by atoms with Gasteiger partial charge < -0.3 is 10.5 Å². The van der Waals surface area contributed by atoms with Gasteiger partial charge >= 0.3 is 6.36 Å². The second-order valence-electron chi connectivity index (χ2n) is 4.54. The quantitative estimate of drug-likeness (QED) is 0.883. The Morgan fingerprint density at radius 1 is 1.29 bits per heavy atom. The summed E-state index contributed by atoms with van der Waals surface area (Å²) in [6.45, 7) is 2.05. The third-order valence-corrected chi connectivity index (χ3v) is 3.80. The number of thiazole rings is 1. The lowest BCUT2D eigenvalue weighted by Gasteiger charge is -2.08. The number of ether oxygens (including phenoxy) is 1. The fourth-order valence-electron chi connectivity index (χ4n) is 1.85. The van der Waals surface area contributed by atoms with Crippen LogP contribution in [-0.2, 0) is 0 Å². The van der Waals surface area contributed by atoms with Crippen LogP contribution in [0.1, 0.15) is 30.8 Å². The molecule has 2 N–H and O–H groups in total. The van der Waals surface area contributed by atoms with Crippen molar-refractivity contribution in [1.82, 2.24) is 4.98 Å². The second kappa shape index (κ2) is 6.44. The van der Waals surface area contributed by atoms with Crippen molar-refractivity contribution in [3.63, 3.8) is 0 Å². The van der Waals surface area contributed by atoms with Crippen molar-refractivity contribution in [3.05, 3.63) is 34.7 Å². The molecule has 0 spiro atoms. The molecule has 0 fully saturated rings. The van der Waals surface area contributed by atoms with Crippen LogP contribution in [0, 0.1) is 0 Å². The molecule has 114 valence electrons. The molecule has 0 amide bonds. The van der Waals surface area contributed by atoms with Gasteiger partial charge in [0, 0.05) is 10.9 Å². The third-order valence-electron chi connectivity index (χ3n) is 2.82. The van der Waals surface area contributed by atoms with Crippen LogP contribution < -0.4 is 10.5 Å². The summed E-state index contributed by atoms with van der Waals surface area (Å²) in [7, 11) is 0. The van der Waals surface area contributed by atoms with Crippen molar-refractivity contribution in [2.24, 2.45) is 5.73 Å². The number of rotatable bonds is 5. The van der Waals surface area contributed by atoms with Gasteiger partial charge in [-0.2, -0.15) is 0 Å². The molecule has 7 heteroatoms. The highest BCUT2D eigenvalue weighted by molar-refractivity contribution is 7.10. The van der Waals surface area contributed by atoms with Crippen LogP contribution in [0.5, 0.6) is 5.75 Å². The summed E-state index contributed by atoms with van der Waals surface area (Å²) >= 11 is 1.46. The number of benzene rings is 1. The van der Waals surface area contributed by atoms with Crippen LogP contribution in [0.15, 0.2) is 29.6 Å². The normalized spacial score (nSPS) is 13.2. The summed E-state index contributed by atoms with van der Waals surface area (Å²) in [4.78, 5) is 4.43. The standard InChI is InChI=1S/C14H15F3N2OS/c1-2-3-11(18)13-19-12(8-21-13)9-4-6-10(7-5-9)20-14(15,16)17/h4-8,11H,2-3,18H2,1H3. The minimum atomic E-state index is -4.68. The Morgan fingerprint density at radius 3 is 2.52 bits per heavy atom. The van der Waals surface area contributed by atoms with E-state index >= 15 is 0 Å². The van der Waals surface area contributed by atoms with Crippen LogP contribution in [0.25, 0.3) is 11.3 Å². The Morgan fingerprint density at radius 2 is 1.95 bits per heavy atom. The van der Waals surface area contributed by atoms with Gasteiger partial charge in [0.2, 0.25) is 0 Å². The number of alkyl halides is 3. The molecule has 2 aromatic rings. The maximum absolute atomic E-state index is 12.1. The number of nitrogens with two attached hydrogens (primary N) is 1. The first-order valence-corrected chi connectivity index (χ1v) is 7.34. The van der Waals surface area contributed by atoms with Gasteiger partial charge in [0.25, 0.3) is 0 Å². The van der Waals surface area contributed by atoms with Gasteiger partial charge in [-0.05, 0) is 30.7 Å². The number of hydrogen-bond donors (Lipinski definition) is 1. The molecule has 1 heterocycles. The summed E-state index contributed by atoms with van der Waals surface area (Å²) in [5.74, 6) is -0.246. The van der Waals surface area contributed by atoms with E-state index in [0.717, 1.165) is 23.4 Å². The van der Waals surface area contributed by atoms with Crippen molar-refractivity contribution in [1.29, 1.82) is 0 Å². The van der Waals surface area contributed by atoms with Gasteiger partial charge in [-0.25, -0.2) is 4.98 Å². The van der Waals surface area contributed by atoms with Gasteiger partial charge in [-0.3, -0.25) is 0 Å². The molecular weight excluding hydrogens is 301 g/mol. The summed E-state index contributed by atoms with van der Waals surface area (Å²) < 4.78 is 40.1. The molecule has 2 rings (SSSR count). The van der Waals surface area contributed by atoms with Gasteiger partial charge in [-0.1, -0.05) is 13.3 Å². The topological polar surface area (TPSA) is 48.1 Å². The maximum atomic E-state index is 12.1. The van der Waals surface area contributed by atoms with E-state index in [1.807, 2.05) is 12.3 Å². The monoisotopic (exact) mass is 316 g/mol. The summed E-state index contributed by atoms with van der Waals surface area (Å²) in [6, 6.07) is 5.54. The Balaban J connectivity index is 2.12. The van der Waals surface area contributed by atoms with Gasteiger partial charge in [0.1, 0.15) is 10.8 Å². The first kappa shape index (κ1) is 15.8. The van der Waals surface area contributed by atoms with E-state index < -0.39 is 6.36 Å². The molecule has 0 aliphatic carbocycles. The molecular formula is C14H15F3N2OS. The molecule has 0 radical (unpaired) electrons. The van der Waals surface area contributed by atoms with E-state index in [-0.39, 0.29) is 11.8 Å². The predicted molar refractivity (Wildman–Crippen MR) is 76.1 cm³/mol. The van der Waals surface area contributed by atoms with Gasteiger partial charge in [0.15, 0.2) is 0 Å². The van der Waals surface area contributed by atoms with E-state index in [2.05, 4.69) is 9.72 Å². The molecule has 1 aromatic carbocycles. The highest BCUT2D eigenvalue weighted by Crippen LogP contribution is 2.29. The van der Waals surface area contributed by atoms with Gasteiger partial charge in [-0.15, -0.1) is 24.5 Å². The van der Waals surface area contributed by atoms with Crippen molar-refractivity contribution in [2.75, 3.05) is 0 Å². The number of hydrogen-bond acceptors (Lipinski definition) is 4. The largest absolute Gasteiger partial charge is 0.573 e. The van der Waals surface area contributed by atoms with Crippen molar-refractivity contribution < 1.29 is 17.9 Å². The average molecular weight is 316 g/mol. The highest BCUT2D eigenvalue weighted by Gasteiger charge is 2.30. The zero-order valence-electron chi connectivity index (χ0n) is 11.4. The molecule has 1 atom stereocenters. The van der Waals surface area contributed by atoms with Crippen LogP contribution in [0.4, 0.5) is 13.2 Å². The Kier molecular flexibility index (Phi) is 4.84. The van der Waals surface area contributed by atoms with Crippen LogP contribution >= 0.6 is 11.3 Å². The number of halogens is 3. The van der Waals surface area contributed by atoms with Crippen molar-refractivity contribution in [3.8, 4) is 17.0 Å². The fraction of sp³-hybridized carbons (Fsp3) is 0.357. The lowest BCUT2D eigenvalue weighted by molar-refractivity contribution is -0.274. The maximum Gasteiger partial charge on any atom is 0.573 e. The smallest absolute Gasteiger partial charge is 0.406 e. The van der Waals surface area contributed by atoms with Gasteiger partial charge in [0.05, 0.1) is 11.7 Å². The second-order valence-corrected chi connectivity index (χ2v) is 5.43. The number of nitrogens with zero attached hydrogens (tertiary/aromatic N) is 1. The highest BCUT2D eigenvalue weighted by atomic mass is 32.1. The molecule has 3 nitrogen and oxygen atoms in total. The lowest BCUT2D eigenvalue weighted by atomic mass is 10.1. The molecule has 0 aliphatic rings. The molecule has 0 saturated carbocycles. The zero-order valence-corrected chi connectivity index (χ0v) is 12.2. The van der Waals surface area contributed by atoms with E-state index in [9.17, 15) is 13.2 Å². The van der Waals surface area contributed by atoms with Crippen LogP contribution in [-0.4, -0.2) is 11.3 Å². The molecule has 0 bridgehead atoms. The Hall–Kier alpha value is -1.60. The molecule has 0 aliphatic heterocycles. The first-order chi connectivity index (χ1) is 9.89. The molecule has 0 saturated heterocycles. The van der Waals surface area contributed by atoms with Crippen molar-refractivity contribution in [2.45, 2.75) is 32.2 Å². The zero-order chi connectivity index (χ0) is 15.5. The minimum absolute atomic E-state index is 0.0958. The summed E-state index contributed by atoms with van der Waals surface area (Å²) in [5, 5.41) is 2.69. The predicted octanol–water partition coefficient (Wildman–Crippen LogP) is 4.51. The third kappa shape index (κ3) is 4.44. The average Bonchev–Trinajstić information content (AvgIpc) is 2.87. The van der Waals surface area contributed by atoms with E-state index in [1.165, 1.54) is 23.5 Å². The summed E-state index contributed by atoms with van der Waals surface area (Å²) in [5.41, 5.74) is 7.43. The first-order valence-electron chi connectivity index (χ1n) is 6.46. The van der Waals surface area contributed by atoms with Crippen LogP contribution in [0.2, 0.25) is 0 Å². The van der Waals surface area contributed by atoms with E-state index in [1.54, 1.807) is 12.1 Å². The molecule has 21 heavy (non-hydrogen) atoms. The van der Waals surface area contributed by atoms with E-state index in [4.69, 9.17) is 5.73 Å².